The molecule has 0 amide bonds. The molecule has 0 aliphatic rings. The van der Waals surface area contributed by atoms with E-state index in [0.29, 0.717) is 11.4 Å². The van der Waals surface area contributed by atoms with Crippen LogP contribution in [-0.2, 0) is 17.4 Å². The summed E-state index contributed by atoms with van der Waals surface area (Å²) >= 11 is 0. The van der Waals surface area contributed by atoms with Gasteiger partial charge in [-0.15, -0.1) is 10.8 Å². The summed E-state index contributed by atoms with van der Waals surface area (Å²) in [6.07, 6.45) is 0. The molecule has 0 fully saturated rings. The molecule has 12 nitrogen and oxygen atoms in total. The number of nitrogens with zero attached hydrogens (tertiary/aromatic N) is 5. The van der Waals surface area contributed by atoms with E-state index in [1.54, 1.807) is 31.2 Å². The van der Waals surface area contributed by atoms with E-state index in [1.807, 2.05) is 6.07 Å². The molecule has 0 radical (unpaired) electrons. The van der Waals surface area contributed by atoms with Crippen LogP contribution in [-0.4, -0.2) is 26.0 Å². The van der Waals surface area contributed by atoms with E-state index in [2.05, 4.69) is 15.3 Å². The molecule has 0 bridgehead atoms. The van der Waals surface area contributed by atoms with Crippen LogP contribution in [0.3, 0.4) is 0 Å². The Labute approximate surface area is 174 Å². The summed E-state index contributed by atoms with van der Waals surface area (Å²) in [7, 11) is 0. The number of hydrogen-bond acceptors (Lipinski definition) is 6. The molecule has 3 aromatic rings. The summed E-state index contributed by atoms with van der Waals surface area (Å²) in [6, 6.07) is 11.9. The zero-order valence-electron chi connectivity index (χ0n) is 14.9. The van der Waals surface area contributed by atoms with Crippen molar-refractivity contribution in [3.8, 4) is 11.4 Å². The largest absolute Gasteiger partial charge is 0.871 e. The number of rotatable bonds is 4. The Balaban J connectivity index is 0. The molecule has 1 aromatic heterocycles. The van der Waals surface area contributed by atoms with E-state index in [1.165, 1.54) is 4.68 Å². The number of nitro groups is 1. The van der Waals surface area contributed by atoms with Gasteiger partial charge in [0.1, 0.15) is 5.69 Å². The van der Waals surface area contributed by atoms with Gasteiger partial charge in [0.05, 0.1) is 10.6 Å². The minimum Gasteiger partial charge on any atom is -0.871 e. The molecule has 0 saturated carbocycles. The number of nitro benzene ring substituents is 1. The molecular weight excluding hydrogens is 426 g/mol. The molecule has 29 heavy (non-hydrogen) atoms. The van der Waals surface area contributed by atoms with E-state index < -0.39 is 16.2 Å². The van der Waals surface area contributed by atoms with E-state index in [-0.39, 0.29) is 50.9 Å². The molecule has 156 valence electrons. The predicted molar refractivity (Wildman–Crippen MR) is 97.7 cm³/mol. The van der Waals surface area contributed by atoms with Crippen molar-refractivity contribution in [2.45, 2.75) is 6.92 Å². The van der Waals surface area contributed by atoms with E-state index in [4.69, 9.17) is 0 Å². The Kier molecular flexibility index (Phi) is 11.0. The van der Waals surface area contributed by atoms with Crippen LogP contribution >= 0.6 is 0 Å². The third-order valence-corrected chi connectivity index (χ3v) is 3.40. The van der Waals surface area contributed by atoms with Gasteiger partial charge in [-0.2, -0.15) is 5.11 Å². The molecule has 2 aromatic carbocycles. The SMILES string of the molecule is Cc1[n-]n(-c2ccccc2)c(=O)c1N=Nc1cc([N+](=O)[O-])ccc1[O-].O.O.O.[Cr]. The monoisotopic (exact) mass is 443 g/mol. The third kappa shape index (κ3) is 5.82. The quantitative estimate of drug-likeness (QED) is 0.308. The van der Waals surface area contributed by atoms with Gasteiger partial charge in [0, 0.05) is 35.2 Å². The first-order chi connectivity index (χ1) is 12.0. The first-order valence-electron chi connectivity index (χ1n) is 7.16. The topological polar surface area (TPSA) is 222 Å². The van der Waals surface area contributed by atoms with Crippen molar-refractivity contribution in [2.75, 3.05) is 0 Å². The number of non-ortho nitro benzene ring substituents is 1. The molecule has 0 unspecified atom stereocenters. The molecule has 13 heteroatoms. The van der Waals surface area contributed by atoms with Crippen LogP contribution in [0.1, 0.15) is 5.69 Å². The van der Waals surface area contributed by atoms with Crippen molar-refractivity contribution in [2.24, 2.45) is 10.2 Å². The van der Waals surface area contributed by atoms with Gasteiger partial charge in [0.15, 0.2) is 0 Å². The average molecular weight is 443 g/mol. The summed E-state index contributed by atoms with van der Waals surface area (Å²) in [6.45, 7) is 1.58. The molecule has 0 spiro atoms. The summed E-state index contributed by atoms with van der Waals surface area (Å²) < 4.78 is 1.18. The number of aryl methyl sites for hydroxylation is 1. The minimum absolute atomic E-state index is 0. The van der Waals surface area contributed by atoms with Gasteiger partial charge in [-0.3, -0.25) is 14.9 Å². The molecule has 0 aliphatic carbocycles. The van der Waals surface area contributed by atoms with Gasteiger partial charge in [-0.1, -0.05) is 36.9 Å². The maximum atomic E-state index is 12.4. The molecule has 1 heterocycles. The van der Waals surface area contributed by atoms with Crippen molar-refractivity contribution in [3.05, 3.63) is 74.7 Å². The second kappa shape index (κ2) is 11.5. The number of aromatic nitrogens is 2. The number of hydrogen-bond donors (Lipinski definition) is 0. The van der Waals surface area contributed by atoms with Crippen LogP contribution in [0.25, 0.3) is 5.69 Å². The van der Waals surface area contributed by atoms with Crippen molar-refractivity contribution < 1.29 is 43.8 Å². The first kappa shape index (κ1) is 27.9. The summed E-state index contributed by atoms with van der Waals surface area (Å²) in [5, 5.41) is 34.1. The Hall–Kier alpha value is -3.34. The van der Waals surface area contributed by atoms with Crippen LogP contribution in [0.2, 0.25) is 0 Å². The third-order valence-electron chi connectivity index (χ3n) is 3.40. The van der Waals surface area contributed by atoms with Gasteiger partial charge in [0.2, 0.25) is 0 Å². The second-order valence-corrected chi connectivity index (χ2v) is 5.10. The predicted octanol–water partition coefficient (Wildman–Crippen LogP) is 0.0237. The van der Waals surface area contributed by atoms with E-state index >= 15 is 0 Å². The molecule has 0 saturated heterocycles. The second-order valence-electron chi connectivity index (χ2n) is 5.10. The number of benzene rings is 2. The fourth-order valence-corrected chi connectivity index (χ4v) is 2.16. The molecule has 6 N–H and O–H groups in total. The standard InChI is InChI=1S/C16H13N5O4.Cr.3H2O/c1-10-15(16(23)20(19-10)11-5-3-2-4-6-11)18-17-13-9-12(21(24)25)7-8-14(13)22;;;;/h2-9H,1H3,(H2,17,18,19,22,23);;3*1H2/p-2. The molecule has 3 rings (SSSR count). The normalized spacial score (nSPS) is 9.55. The summed E-state index contributed by atoms with van der Waals surface area (Å²) in [4.78, 5) is 22.6. The van der Waals surface area contributed by atoms with Gasteiger partial charge in [-0.25, -0.2) is 0 Å². The maximum absolute atomic E-state index is 12.4. The average Bonchev–Trinajstić information content (AvgIpc) is 2.89. The Morgan fingerprint density at radius 2 is 1.66 bits per heavy atom. The molecule has 0 atom stereocenters. The maximum Gasteiger partial charge on any atom is 0.271 e. The molecule has 0 aliphatic heterocycles. The number of azo groups is 1. The number of para-hydroxylation sites is 1. The zero-order chi connectivity index (χ0) is 18.0. The zero-order valence-corrected chi connectivity index (χ0v) is 16.2. The fourth-order valence-electron chi connectivity index (χ4n) is 2.16. The first-order valence-corrected chi connectivity index (χ1v) is 7.16. The Bertz CT molecular complexity index is 1030. The van der Waals surface area contributed by atoms with Crippen LogP contribution in [0.15, 0.2) is 63.6 Å². The van der Waals surface area contributed by atoms with E-state index in [9.17, 15) is 20.0 Å². The van der Waals surface area contributed by atoms with Crippen molar-refractivity contribution >= 4 is 17.1 Å². The van der Waals surface area contributed by atoms with Gasteiger partial charge < -0.3 is 31.3 Å². The van der Waals surface area contributed by atoms with Gasteiger partial charge in [0.25, 0.3) is 11.2 Å². The Morgan fingerprint density at radius 3 is 2.24 bits per heavy atom. The summed E-state index contributed by atoms with van der Waals surface area (Å²) in [5.74, 6) is -0.532. The van der Waals surface area contributed by atoms with Crippen LogP contribution < -0.4 is 15.8 Å². The van der Waals surface area contributed by atoms with E-state index in [0.717, 1.165) is 18.2 Å². The molecular formula is C16H17CrN5O7-2. The van der Waals surface area contributed by atoms with Crippen LogP contribution in [0, 0.1) is 17.0 Å². The Morgan fingerprint density at radius 1 is 1.03 bits per heavy atom. The summed E-state index contributed by atoms with van der Waals surface area (Å²) in [5.41, 5.74) is -0.138. The van der Waals surface area contributed by atoms with Crippen LogP contribution in [0.4, 0.5) is 17.1 Å². The smallest absolute Gasteiger partial charge is 0.271 e. The van der Waals surface area contributed by atoms with Gasteiger partial charge >= 0.3 is 0 Å². The minimum atomic E-state index is -0.643. The van der Waals surface area contributed by atoms with Crippen molar-refractivity contribution in [1.82, 2.24) is 9.78 Å². The van der Waals surface area contributed by atoms with Crippen LogP contribution in [0.5, 0.6) is 5.75 Å². The van der Waals surface area contributed by atoms with Gasteiger partial charge in [-0.05, 0) is 12.1 Å². The van der Waals surface area contributed by atoms with Crippen molar-refractivity contribution in [1.29, 1.82) is 0 Å². The van der Waals surface area contributed by atoms with Crippen molar-refractivity contribution in [3.63, 3.8) is 0 Å². The fraction of sp³-hybridized carbons (Fsp3) is 0.0625.